The number of carbonyl (C=O) groups excluding carboxylic acids is 1. The van der Waals surface area contributed by atoms with E-state index in [0.717, 1.165) is 28.8 Å². The summed E-state index contributed by atoms with van der Waals surface area (Å²) in [5, 5.41) is 2.93. The number of nitrogens with one attached hydrogen (secondary N) is 1. The Morgan fingerprint density at radius 2 is 1.81 bits per heavy atom. The van der Waals surface area contributed by atoms with Gasteiger partial charge >= 0.3 is 0 Å². The number of hydrogen-bond acceptors (Lipinski definition) is 4. The number of aryl methyl sites for hydroxylation is 1. The smallest absolute Gasteiger partial charge is 0.255 e. The summed E-state index contributed by atoms with van der Waals surface area (Å²) in [4.78, 5) is 17.2. The largest absolute Gasteiger partial charge is 0.491 e. The third kappa shape index (κ3) is 5.12. The van der Waals surface area contributed by atoms with E-state index in [1.54, 1.807) is 12.1 Å². The van der Waals surface area contributed by atoms with Crippen LogP contribution in [0.3, 0.4) is 0 Å². The Bertz CT molecular complexity index is 1190. The quantitative estimate of drug-likeness (QED) is 0.402. The third-order valence-corrected chi connectivity index (χ3v) is 4.94. The molecule has 3 aromatic carbocycles. The first-order valence-corrected chi connectivity index (χ1v) is 10.6. The van der Waals surface area contributed by atoms with Crippen LogP contribution in [0.1, 0.15) is 48.1 Å². The second-order valence-corrected chi connectivity index (χ2v) is 7.79. The van der Waals surface area contributed by atoms with Crippen molar-refractivity contribution in [2.45, 2.75) is 39.7 Å². The molecule has 0 aliphatic rings. The summed E-state index contributed by atoms with van der Waals surface area (Å²) in [6.45, 7) is 6.04. The number of nitrogens with zero attached hydrogens (tertiary/aromatic N) is 1. The molecule has 1 amide bonds. The molecule has 0 fully saturated rings. The van der Waals surface area contributed by atoms with Gasteiger partial charge in [0.1, 0.15) is 11.3 Å². The van der Waals surface area contributed by atoms with Crippen molar-refractivity contribution < 1.29 is 13.9 Å². The lowest BCUT2D eigenvalue weighted by Gasteiger charge is -2.11. The molecule has 1 heterocycles. The van der Waals surface area contributed by atoms with E-state index in [-0.39, 0.29) is 12.0 Å². The first kappa shape index (κ1) is 20.7. The fourth-order valence-electron chi connectivity index (χ4n) is 3.38. The van der Waals surface area contributed by atoms with E-state index in [1.165, 1.54) is 5.56 Å². The van der Waals surface area contributed by atoms with Crippen LogP contribution in [0, 0.1) is 0 Å². The Labute approximate surface area is 182 Å². The molecule has 4 rings (SSSR count). The zero-order chi connectivity index (χ0) is 21.8. The van der Waals surface area contributed by atoms with Crippen molar-refractivity contribution in [1.82, 2.24) is 4.98 Å². The molecular weight excluding hydrogens is 388 g/mol. The minimum absolute atomic E-state index is 0.0563. The summed E-state index contributed by atoms with van der Waals surface area (Å²) in [5.41, 5.74) is 5.29. The maximum Gasteiger partial charge on any atom is 0.255 e. The fraction of sp³-hybridized carbons (Fsp3) is 0.231. The molecule has 4 aromatic rings. The average Bonchev–Trinajstić information content (AvgIpc) is 3.16. The summed E-state index contributed by atoms with van der Waals surface area (Å²) >= 11 is 0. The molecule has 0 aliphatic heterocycles. The number of aromatic nitrogens is 1. The monoisotopic (exact) mass is 414 g/mol. The SMILES string of the molecule is CCc1ccc2oc(Cc3ccc(NC(=O)c4cccc(OC(C)C)c4)cc3)nc2c1. The molecule has 158 valence electrons. The Morgan fingerprint density at radius 3 is 2.55 bits per heavy atom. The number of benzene rings is 3. The van der Waals surface area contributed by atoms with Crippen molar-refractivity contribution >= 4 is 22.7 Å². The number of amides is 1. The van der Waals surface area contributed by atoms with Crippen LogP contribution < -0.4 is 10.1 Å². The summed E-state index contributed by atoms with van der Waals surface area (Å²) in [7, 11) is 0. The first-order valence-electron chi connectivity index (χ1n) is 10.6. The molecule has 0 aliphatic carbocycles. The number of fused-ring (bicyclic) bond motifs is 1. The lowest BCUT2D eigenvalue weighted by Crippen LogP contribution is -2.12. The molecule has 0 radical (unpaired) electrons. The molecule has 0 unspecified atom stereocenters. The Balaban J connectivity index is 1.42. The maximum atomic E-state index is 12.6. The van der Waals surface area contributed by atoms with Gasteiger partial charge in [-0.15, -0.1) is 0 Å². The van der Waals surface area contributed by atoms with Gasteiger partial charge < -0.3 is 14.5 Å². The van der Waals surface area contributed by atoms with E-state index in [4.69, 9.17) is 9.15 Å². The predicted molar refractivity (Wildman–Crippen MR) is 123 cm³/mol. The van der Waals surface area contributed by atoms with E-state index in [0.29, 0.717) is 23.6 Å². The van der Waals surface area contributed by atoms with E-state index in [2.05, 4.69) is 29.4 Å². The van der Waals surface area contributed by atoms with Gasteiger partial charge in [-0.3, -0.25) is 4.79 Å². The highest BCUT2D eigenvalue weighted by Gasteiger charge is 2.10. The minimum Gasteiger partial charge on any atom is -0.491 e. The third-order valence-electron chi connectivity index (χ3n) is 4.94. The molecule has 1 aromatic heterocycles. The van der Waals surface area contributed by atoms with Gasteiger partial charge in [0, 0.05) is 17.7 Å². The number of carbonyl (C=O) groups is 1. The molecule has 5 heteroatoms. The maximum absolute atomic E-state index is 12.6. The van der Waals surface area contributed by atoms with Crippen LogP contribution >= 0.6 is 0 Å². The minimum atomic E-state index is -0.173. The Morgan fingerprint density at radius 1 is 1.03 bits per heavy atom. The summed E-state index contributed by atoms with van der Waals surface area (Å²) in [5.74, 6) is 1.19. The molecule has 5 nitrogen and oxygen atoms in total. The number of oxazole rings is 1. The zero-order valence-corrected chi connectivity index (χ0v) is 18.0. The van der Waals surface area contributed by atoms with Gasteiger partial charge in [-0.05, 0) is 73.9 Å². The normalized spacial score (nSPS) is 11.1. The van der Waals surface area contributed by atoms with Gasteiger partial charge in [0.2, 0.25) is 0 Å². The van der Waals surface area contributed by atoms with Crippen molar-refractivity contribution in [1.29, 1.82) is 0 Å². The highest BCUT2D eigenvalue weighted by atomic mass is 16.5. The molecule has 31 heavy (non-hydrogen) atoms. The van der Waals surface area contributed by atoms with Crippen LogP contribution in [-0.4, -0.2) is 17.0 Å². The summed E-state index contributed by atoms with van der Waals surface area (Å²) in [6, 6.07) is 21.0. The molecule has 0 bridgehead atoms. The van der Waals surface area contributed by atoms with Crippen LogP contribution in [-0.2, 0) is 12.8 Å². The average molecular weight is 415 g/mol. The van der Waals surface area contributed by atoms with E-state index in [9.17, 15) is 4.79 Å². The van der Waals surface area contributed by atoms with Crippen molar-refractivity contribution in [3.63, 3.8) is 0 Å². The van der Waals surface area contributed by atoms with Gasteiger partial charge in [0.15, 0.2) is 11.5 Å². The zero-order valence-electron chi connectivity index (χ0n) is 18.0. The van der Waals surface area contributed by atoms with Crippen LogP contribution in [0.4, 0.5) is 5.69 Å². The number of hydrogen-bond donors (Lipinski definition) is 1. The first-order chi connectivity index (χ1) is 15.0. The highest BCUT2D eigenvalue weighted by Crippen LogP contribution is 2.21. The van der Waals surface area contributed by atoms with Gasteiger partial charge in [-0.1, -0.05) is 31.2 Å². The Hall–Kier alpha value is -3.60. The van der Waals surface area contributed by atoms with E-state index in [1.807, 2.05) is 56.3 Å². The topological polar surface area (TPSA) is 64.4 Å². The number of ether oxygens (including phenoxy) is 1. The fourth-order valence-corrected chi connectivity index (χ4v) is 3.38. The molecular formula is C26H26N2O3. The van der Waals surface area contributed by atoms with Crippen molar-refractivity contribution in [3.05, 3.63) is 89.3 Å². The summed E-state index contributed by atoms with van der Waals surface area (Å²) < 4.78 is 11.5. The van der Waals surface area contributed by atoms with Crippen LogP contribution in [0.2, 0.25) is 0 Å². The lowest BCUT2D eigenvalue weighted by molar-refractivity contribution is 0.102. The van der Waals surface area contributed by atoms with E-state index >= 15 is 0 Å². The molecule has 0 atom stereocenters. The molecule has 0 spiro atoms. The molecule has 0 saturated heterocycles. The summed E-state index contributed by atoms with van der Waals surface area (Å²) in [6.07, 6.45) is 1.63. The molecule has 1 N–H and O–H groups in total. The van der Waals surface area contributed by atoms with Crippen LogP contribution in [0.5, 0.6) is 5.75 Å². The highest BCUT2D eigenvalue weighted by molar-refractivity contribution is 6.04. The van der Waals surface area contributed by atoms with Gasteiger partial charge in [0.25, 0.3) is 5.91 Å². The van der Waals surface area contributed by atoms with Gasteiger partial charge in [-0.25, -0.2) is 4.98 Å². The second kappa shape index (κ2) is 9.04. The van der Waals surface area contributed by atoms with Crippen molar-refractivity contribution in [3.8, 4) is 5.75 Å². The molecule has 0 saturated carbocycles. The van der Waals surface area contributed by atoms with Crippen LogP contribution in [0.15, 0.2) is 71.1 Å². The van der Waals surface area contributed by atoms with Gasteiger partial charge in [-0.2, -0.15) is 0 Å². The lowest BCUT2D eigenvalue weighted by atomic mass is 10.1. The standard InChI is InChI=1S/C26H26N2O3/c1-4-18-10-13-24-23(14-18)28-25(31-24)15-19-8-11-21(12-9-19)27-26(29)20-6-5-7-22(16-20)30-17(2)3/h5-14,16-17H,4,15H2,1-3H3,(H,27,29). The van der Waals surface area contributed by atoms with Crippen molar-refractivity contribution in [2.24, 2.45) is 0 Å². The van der Waals surface area contributed by atoms with Gasteiger partial charge in [0.05, 0.1) is 6.10 Å². The second-order valence-electron chi connectivity index (χ2n) is 7.79. The van der Waals surface area contributed by atoms with E-state index < -0.39 is 0 Å². The number of anilines is 1. The number of rotatable bonds is 7. The van der Waals surface area contributed by atoms with Crippen molar-refractivity contribution in [2.75, 3.05) is 5.32 Å². The predicted octanol–water partition coefficient (Wildman–Crippen LogP) is 6.02. The van der Waals surface area contributed by atoms with Crippen LogP contribution in [0.25, 0.3) is 11.1 Å². The Kier molecular flexibility index (Phi) is 6.03.